The third-order valence-electron chi connectivity index (χ3n) is 3.63. The number of carbonyl (C=O) groups is 2. The molecule has 0 aliphatic carbocycles. The molecule has 2 amide bonds. The predicted molar refractivity (Wildman–Crippen MR) is 127 cm³/mol. The largest absolute Gasteiger partial charge is 0.383 e. The van der Waals surface area contributed by atoms with Crippen LogP contribution in [0.25, 0.3) is 0 Å². The van der Waals surface area contributed by atoms with Crippen LogP contribution in [0, 0.1) is 0 Å². The van der Waals surface area contributed by atoms with Gasteiger partial charge in [-0.2, -0.15) is 0 Å². The van der Waals surface area contributed by atoms with E-state index in [-0.39, 0.29) is 46.6 Å². The molecule has 166 valence electrons. The van der Waals surface area contributed by atoms with Gasteiger partial charge in [0.25, 0.3) is 0 Å². The summed E-state index contributed by atoms with van der Waals surface area (Å²) in [5.74, 6) is 0.286. The second-order valence-electron chi connectivity index (χ2n) is 6.22. The summed E-state index contributed by atoms with van der Waals surface area (Å²) in [5.41, 5.74) is 23.4. The van der Waals surface area contributed by atoms with Crippen molar-refractivity contribution in [2.75, 3.05) is 45.1 Å². The maximum Gasteiger partial charge on any atom is 0.234 e. The Morgan fingerprint density at radius 2 is 1.03 bits per heavy atom. The second-order valence-corrected chi connectivity index (χ2v) is 8.10. The number of nitrogens with one attached hydrogen (secondary N) is 2. The van der Waals surface area contributed by atoms with E-state index in [1.165, 1.54) is 12.1 Å². The summed E-state index contributed by atoms with van der Waals surface area (Å²) in [4.78, 5) is 40.8. The number of thioether (sulfide) groups is 2. The smallest absolute Gasteiger partial charge is 0.234 e. The number of hydrogen-bond donors (Lipinski definition) is 6. The Bertz CT molecular complexity index is 1020. The van der Waals surface area contributed by atoms with E-state index in [0.717, 1.165) is 23.5 Å². The highest BCUT2D eigenvalue weighted by Crippen LogP contribution is 2.23. The maximum atomic E-state index is 12.4. The van der Waals surface area contributed by atoms with Crippen molar-refractivity contribution in [3.05, 3.63) is 36.4 Å². The number of carbonyl (C=O) groups excluding carboxylic acids is 2. The third-order valence-corrected chi connectivity index (χ3v) is 5.33. The van der Waals surface area contributed by atoms with E-state index in [9.17, 15) is 9.59 Å². The molecule has 32 heavy (non-hydrogen) atoms. The second kappa shape index (κ2) is 10.5. The lowest BCUT2D eigenvalue weighted by Crippen LogP contribution is -2.19. The predicted octanol–water partition coefficient (Wildman–Crippen LogP) is 1.06. The van der Waals surface area contributed by atoms with Crippen LogP contribution in [0.15, 0.2) is 46.7 Å². The van der Waals surface area contributed by atoms with Crippen molar-refractivity contribution in [3.63, 3.8) is 0 Å². The fourth-order valence-corrected chi connectivity index (χ4v) is 3.73. The van der Waals surface area contributed by atoms with Crippen LogP contribution >= 0.6 is 23.5 Å². The van der Waals surface area contributed by atoms with Crippen molar-refractivity contribution in [2.24, 2.45) is 0 Å². The van der Waals surface area contributed by atoms with Crippen molar-refractivity contribution >= 4 is 70.0 Å². The third kappa shape index (κ3) is 6.88. The van der Waals surface area contributed by atoms with Crippen LogP contribution in [-0.4, -0.2) is 43.3 Å². The van der Waals surface area contributed by atoms with E-state index >= 15 is 0 Å². The molecule has 1 aromatic carbocycles. The quantitative estimate of drug-likeness (QED) is 0.200. The van der Waals surface area contributed by atoms with Crippen molar-refractivity contribution in [1.29, 1.82) is 0 Å². The molecule has 12 nitrogen and oxygen atoms in total. The van der Waals surface area contributed by atoms with Crippen LogP contribution in [0.3, 0.4) is 0 Å². The summed E-state index contributed by atoms with van der Waals surface area (Å²) in [6.45, 7) is 0. The van der Waals surface area contributed by atoms with Gasteiger partial charge in [-0.1, -0.05) is 35.7 Å². The molecule has 0 bridgehead atoms. The highest BCUT2D eigenvalue weighted by Gasteiger charge is 2.12. The fourth-order valence-electron chi connectivity index (χ4n) is 2.39. The summed E-state index contributed by atoms with van der Waals surface area (Å²) < 4.78 is 0. The van der Waals surface area contributed by atoms with Gasteiger partial charge in [0.05, 0.1) is 22.9 Å². The first-order valence-electron chi connectivity index (χ1n) is 9.03. The van der Waals surface area contributed by atoms with Gasteiger partial charge in [0.15, 0.2) is 10.3 Å². The van der Waals surface area contributed by atoms with E-state index in [4.69, 9.17) is 22.9 Å². The Kier molecular flexibility index (Phi) is 7.51. The van der Waals surface area contributed by atoms with Crippen LogP contribution in [-0.2, 0) is 9.59 Å². The number of benzene rings is 1. The minimum absolute atomic E-state index is 0.0230. The summed E-state index contributed by atoms with van der Waals surface area (Å²) in [5, 5.41) is 6.08. The molecule has 0 saturated heterocycles. The van der Waals surface area contributed by atoms with E-state index in [1.54, 1.807) is 24.3 Å². The number of para-hydroxylation sites is 2. The molecule has 0 fully saturated rings. The van der Waals surface area contributed by atoms with Crippen LogP contribution in [0.5, 0.6) is 0 Å². The molecule has 10 N–H and O–H groups in total. The molecule has 3 rings (SSSR count). The zero-order valence-electron chi connectivity index (χ0n) is 16.6. The average molecular weight is 473 g/mol. The summed E-state index contributed by atoms with van der Waals surface area (Å²) in [6.07, 6.45) is 0. The first-order chi connectivity index (χ1) is 15.3. The molecular formula is C18H20N10O2S2. The van der Waals surface area contributed by atoms with Gasteiger partial charge in [0.1, 0.15) is 23.3 Å². The van der Waals surface area contributed by atoms with Crippen LogP contribution in [0.4, 0.5) is 34.6 Å². The molecule has 0 spiro atoms. The van der Waals surface area contributed by atoms with Gasteiger partial charge in [-0.15, -0.1) is 0 Å². The lowest BCUT2D eigenvalue weighted by atomic mass is 10.2. The molecular weight excluding hydrogens is 452 g/mol. The zero-order chi connectivity index (χ0) is 23.1. The van der Waals surface area contributed by atoms with E-state index in [1.807, 2.05) is 0 Å². The van der Waals surface area contributed by atoms with Gasteiger partial charge in [-0.25, -0.2) is 19.9 Å². The zero-order valence-corrected chi connectivity index (χ0v) is 18.2. The molecule has 2 aromatic heterocycles. The molecule has 2 heterocycles. The first-order valence-corrected chi connectivity index (χ1v) is 11.0. The molecule has 0 saturated carbocycles. The van der Waals surface area contributed by atoms with Crippen LogP contribution in [0.2, 0.25) is 0 Å². The molecule has 14 heteroatoms. The van der Waals surface area contributed by atoms with Crippen molar-refractivity contribution in [2.45, 2.75) is 10.3 Å². The number of nitrogens with two attached hydrogens (primary N) is 4. The van der Waals surface area contributed by atoms with Gasteiger partial charge in [-0.05, 0) is 12.1 Å². The summed E-state index contributed by atoms with van der Waals surface area (Å²) in [6, 6.07) is 9.66. The number of amides is 2. The van der Waals surface area contributed by atoms with Crippen molar-refractivity contribution in [3.8, 4) is 0 Å². The molecule has 3 aromatic rings. The Morgan fingerprint density at radius 1 is 0.688 bits per heavy atom. The SMILES string of the molecule is Nc1cc(N)nc(SCC(=O)Nc2ccccc2NC(=O)CSc2nc(N)cc(N)n2)n1. The Labute approximate surface area is 191 Å². The van der Waals surface area contributed by atoms with Crippen LogP contribution in [0.1, 0.15) is 0 Å². The lowest BCUT2D eigenvalue weighted by molar-refractivity contribution is -0.114. The minimum atomic E-state index is -0.320. The maximum absolute atomic E-state index is 12.4. The van der Waals surface area contributed by atoms with Gasteiger partial charge >= 0.3 is 0 Å². The molecule has 0 aliphatic heterocycles. The van der Waals surface area contributed by atoms with Crippen molar-refractivity contribution < 1.29 is 9.59 Å². The summed E-state index contributed by atoms with van der Waals surface area (Å²) >= 11 is 2.17. The standard InChI is InChI=1S/C18H20N10O2S2/c19-11-5-12(20)26-17(25-11)31-7-15(29)23-9-3-1-2-4-10(9)24-16(30)8-32-18-27-13(21)6-14(22)28-18/h1-6H,7-8H2,(H,23,29)(H,24,30)(H4,19,20,25,26)(H4,21,22,27,28). The van der Waals surface area contributed by atoms with Crippen LogP contribution < -0.4 is 33.6 Å². The lowest BCUT2D eigenvalue weighted by Gasteiger charge is -2.12. The van der Waals surface area contributed by atoms with Gasteiger partial charge in [-0.3, -0.25) is 9.59 Å². The van der Waals surface area contributed by atoms with E-state index < -0.39 is 0 Å². The number of rotatable bonds is 8. The number of nitrogens with zero attached hydrogens (tertiary/aromatic N) is 4. The Morgan fingerprint density at radius 3 is 1.38 bits per heavy atom. The van der Waals surface area contributed by atoms with E-state index in [2.05, 4.69) is 30.6 Å². The average Bonchev–Trinajstić information content (AvgIpc) is 2.71. The Balaban J connectivity index is 1.56. The number of anilines is 6. The molecule has 0 aliphatic rings. The van der Waals surface area contributed by atoms with Gasteiger partial charge in [0.2, 0.25) is 11.8 Å². The number of nitrogen functional groups attached to an aromatic ring is 4. The number of aromatic nitrogens is 4. The normalized spacial score (nSPS) is 10.5. The fraction of sp³-hybridized carbons (Fsp3) is 0.111. The molecule has 0 atom stereocenters. The monoisotopic (exact) mass is 472 g/mol. The van der Waals surface area contributed by atoms with Gasteiger partial charge in [0, 0.05) is 12.1 Å². The Hall–Kier alpha value is -3.78. The topological polar surface area (TPSA) is 214 Å². The molecule has 0 radical (unpaired) electrons. The highest BCUT2D eigenvalue weighted by molar-refractivity contribution is 8.00. The minimum Gasteiger partial charge on any atom is -0.383 e. The summed E-state index contributed by atoms with van der Waals surface area (Å²) in [7, 11) is 0. The van der Waals surface area contributed by atoms with E-state index in [0.29, 0.717) is 21.7 Å². The molecule has 0 unspecified atom stereocenters. The highest BCUT2D eigenvalue weighted by atomic mass is 32.2. The first kappa shape index (κ1) is 22.9. The van der Waals surface area contributed by atoms with Crippen molar-refractivity contribution in [1.82, 2.24) is 19.9 Å². The number of hydrogen-bond acceptors (Lipinski definition) is 12. The van der Waals surface area contributed by atoms with Gasteiger partial charge < -0.3 is 33.6 Å².